The van der Waals surface area contributed by atoms with E-state index in [0.717, 1.165) is 0 Å². The number of hydrogen-bond donors (Lipinski definition) is 0. The van der Waals surface area contributed by atoms with Crippen LogP contribution in [0.3, 0.4) is 0 Å². The van der Waals surface area contributed by atoms with Crippen molar-refractivity contribution >= 4 is 19.5 Å². The van der Waals surface area contributed by atoms with Gasteiger partial charge >= 0.3 is 19.5 Å². The maximum atomic E-state index is 12.7. The highest BCUT2D eigenvalue weighted by molar-refractivity contribution is 7.55. The lowest BCUT2D eigenvalue weighted by Gasteiger charge is -2.24. The minimum Gasteiger partial charge on any atom is -0.466 e. The molecule has 124 valence electrons. The molecular formula is C13H25O7P. The monoisotopic (exact) mass is 324 g/mol. The van der Waals surface area contributed by atoms with Gasteiger partial charge in [0, 0.05) is 6.42 Å². The van der Waals surface area contributed by atoms with Crippen LogP contribution in [0.1, 0.15) is 40.5 Å². The van der Waals surface area contributed by atoms with Gasteiger partial charge in [0.2, 0.25) is 0 Å². The summed E-state index contributed by atoms with van der Waals surface area (Å²) in [5.41, 5.74) is -1.12. The van der Waals surface area contributed by atoms with Crippen molar-refractivity contribution in [2.45, 2.75) is 46.2 Å². The molecule has 21 heavy (non-hydrogen) atoms. The highest BCUT2D eigenvalue weighted by Crippen LogP contribution is 2.55. The Kier molecular flexibility index (Phi) is 10.3. The third-order valence-electron chi connectivity index (χ3n) is 2.49. The van der Waals surface area contributed by atoms with Crippen LogP contribution in [0.5, 0.6) is 0 Å². The van der Waals surface area contributed by atoms with E-state index in [0.29, 0.717) is 0 Å². The molecule has 0 heterocycles. The molecule has 0 aromatic heterocycles. The second-order valence-electron chi connectivity index (χ2n) is 3.99. The normalized spacial score (nSPS) is 12.8. The van der Waals surface area contributed by atoms with E-state index >= 15 is 0 Å². The van der Waals surface area contributed by atoms with E-state index in [1.54, 1.807) is 27.7 Å². The van der Waals surface area contributed by atoms with Gasteiger partial charge < -0.3 is 18.5 Å². The van der Waals surface area contributed by atoms with Crippen LogP contribution in [0.25, 0.3) is 0 Å². The maximum Gasteiger partial charge on any atom is 0.344 e. The molecule has 0 amide bonds. The summed E-state index contributed by atoms with van der Waals surface area (Å²) in [6.07, 6.45) is -0.0591. The van der Waals surface area contributed by atoms with E-state index in [9.17, 15) is 14.2 Å². The first-order chi connectivity index (χ1) is 9.95. The Labute approximate surface area is 125 Å². The van der Waals surface area contributed by atoms with Crippen molar-refractivity contribution in [3.05, 3.63) is 0 Å². The number of esters is 2. The first-order valence-corrected chi connectivity index (χ1v) is 8.77. The molecule has 0 aromatic rings. The van der Waals surface area contributed by atoms with Crippen LogP contribution in [0, 0.1) is 0 Å². The molecule has 0 bridgehead atoms. The standard InChI is InChI=1S/C13H25O7P/c1-5-17-12(14)10-9-11(13(15)18-6-2)21(16,19-7-3)20-8-4/h11H,5-10H2,1-4H3/t11-/m0/s1. The fourth-order valence-corrected chi connectivity index (χ4v) is 3.64. The van der Waals surface area contributed by atoms with E-state index in [4.69, 9.17) is 18.5 Å². The van der Waals surface area contributed by atoms with Gasteiger partial charge in [-0.25, -0.2) is 0 Å². The van der Waals surface area contributed by atoms with E-state index in [1.807, 2.05) is 0 Å². The predicted octanol–water partition coefficient (Wildman–Crippen LogP) is 2.53. The molecule has 1 atom stereocenters. The van der Waals surface area contributed by atoms with Gasteiger partial charge in [-0.3, -0.25) is 14.2 Å². The van der Waals surface area contributed by atoms with Gasteiger partial charge in [-0.15, -0.1) is 0 Å². The Morgan fingerprint density at radius 2 is 1.43 bits per heavy atom. The Balaban J connectivity index is 5.04. The minimum atomic E-state index is -3.67. The van der Waals surface area contributed by atoms with Gasteiger partial charge in [0.05, 0.1) is 26.4 Å². The average molecular weight is 324 g/mol. The van der Waals surface area contributed by atoms with E-state index < -0.39 is 25.2 Å². The first-order valence-electron chi connectivity index (χ1n) is 7.16. The number of carbonyl (C=O) groups excluding carboxylic acids is 2. The lowest BCUT2D eigenvalue weighted by Crippen LogP contribution is -2.27. The van der Waals surface area contributed by atoms with Crippen LogP contribution in [-0.2, 0) is 32.7 Å². The topological polar surface area (TPSA) is 88.1 Å². The number of hydrogen-bond acceptors (Lipinski definition) is 7. The van der Waals surface area contributed by atoms with Crippen molar-refractivity contribution in [2.75, 3.05) is 26.4 Å². The zero-order valence-electron chi connectivity index (χ0n) is 13.1. The number of rotatable bonds is 11. The molecule has 0 saturated heterocycles. The second-order valence-corrected chi connectivity index (χ2v) is 6.21. The van der Waals surface area contributed by atoms with Crippen LogP contribution >= 0.6 is 7.60 Å². The van der Waals surface area contributed by atoms with Crippen LogP contribution in [0.2, 0.25) is 0 Å². The quantitative estimate of drug-likeness (QED) is 0.426. The largest absolute Gasteiger partial charge is 0.466 e. The SMILES string of the molecule is CCOC(=O)CC[C@@H](C(=O)OCC)P(=O)(OCC)OCC. The third kappa shape index (κ3) is 7.07. The smallest absolute Gasteiger partial charge is 0.344 e. The Bertz CT molecular complexity index is 360. The summed E-state index contributed by atoms with van der Waals surface area (Å²) >= 11 is 0. The zero-order chi connectivity index (χ0) is 16.3. The summed E-state index contributed by atoms with van der Waals surface area (Å²) < 4.78 is 32.8. The lowest BCUT2D eigenvalue weighted by molar-refractivity contribution is -0.144. The molecule has 8 heteroatoms. The van der Waals surface area contributed by atoms with Gasteiger partial charge in [0.25, 0.3) is 0 Å². The van der Waals surface area contributed by atoms with Crippen LogP contribution < -0.4 is 0 Å². The zero-order valence-corrected chi connectivity index (χ0v) is 14.0. The van der Waals surface area contributed by atoms with Crippen LogP contribution in [0.15, 0.2) is 0 Å². The molecule has 0 spiro atoms. The molecule has 7 nitrogen and oxygen atoms in total. The fourth-order valence-electron chi connectivity index (χ4n) is 1.71. The highest BCUT2D eigenvalue weighted by atomic mass is 31.2. The summed E-state index contributed by atoms with van der Waals surface area (Å²) in [4.78, 5) is 23.4. The summed E-state index contributed by atoms with van der Waals surface area (Å²) in [5, 5.41) is 0. The Hall–Kier alpha value is -0.910. The Morgan fingerprint density at radius 1 is 0.905 bits per heavy atom. The third-order valence-corrected chi connectivity index (χ3v) is 4.95. The van der Waals surface area contributed by atoms with Crippen molar-refractivity contribution in [1.29, 1.82) is 0 Å². The molecule has 0 radical (unpaired) electrons. The van der Waals surface area contributed by atoms with E-state index in [2.05, 4.69) is 0 Å². The Morgan fingerprint density at radius 3 is 1.86 bits per heavy atom. The van der Waals surface area contributed by atoms with Gasteiger partial charge in [0.15, 0.2) is 5.66 Å². The number of carbonyl (C=O) groups is 2. The maximum absolute atomic E-state index is 12.7. The van der Waals surface area contributed by atoms with E-state index in [1.165, 1.54) is 0 Å². The van der Waals surface area contributed by atoms with Gasteiger partial charge in [0.1, 0.15) is 0 Å². The van der Waals surface area contributed by atoms with Crippen molar-refractivity contribution in [2.24, 2.45) is 0 Å². The minimum absolute atomic E-state index is 0.00502. The number of ether oxygens (including phenoxy) is 2. The lowest BCUT2D eigenvalue weighted by atomic mass is 10.2. The molecule has 0 N–H and O–H groups in total. The van der Waals surface area contributed by atoms with E-state index in [-0.39, 0.29) is 39.3 Å². The van der Waals surface area contributed by atoms with Crippen molar-refractivity contribution in [3.8, 4) is 0 Å². The summed E-state index contributed by atoms with van der Waals surface area (Å²) in [6, 6.07) is 0. The van der Waals surface area contributed by atoms with Gasteiger partial charge in [-0.1, -0.05) is 0 Å². The molecule has 0 aliphatic rings. The van der Waals surface area contributed by atoms with Crippen LogP contribution in [0.4, 0.5) is 0 Å². The molecule has 0 aliphatic carbocycles. The molecule has 0 unspecified atom stereocenters. The van der Waals surface area contributed by atoms with Gasteiger partial charge in [-0.2, -0.15) is 0 Å². The molecule has 0 rings (SSSR count). The molecule has 0 fully saturated rings. The molecule has 0 aromatic carbocycles. The average Bonchev–Trinajstić information content (AvgIpc) is 2.40. The van der Waals surface area contributed by atoms with Crippen LogP contribution in [-0.4, -0.2) is 44.0 Å². The molecule has 0 aliphatic heterocycles. The summed E-state index contributed by atoms with van der Waals surface area (Å²) in [7, 11) is -3.67. The first kappa shape index (κ1) is 20.1. The second kappa shape index (κ2) is 10.8. The predicted molar refractivity (Wildman–Crippen MR) is 77.1 cm³/mol. The van der Waals surface area contributed by atoms with Crippen molar-refractivity contribution in [1.82, 2.24) is 0 Å². The fraction of sp³-hybridized carbons (Fsp3) is 0.846. The van der Waals surface area contributed by atoms with Crippen molar-refractivity contribution < 1.29 is 32.7 Å². The summed E-state index contributed by atoms with van der Waals surface area (Å²) in [5.74, 6) is -1.15. The highest BCUT2D eigenvalue weighted by Gasteiger charge is 2.42. The van der Waals surface area contributed by atoms with Crippen molar-refractivity contribution in [3.63, 3.8) is 0 Å². The van der Waals surface area contributed by atoms with Gasteiger partial charge in [-0.05, 0) is 34.1 Å². The molecule has 0 saturated carbocycles. The molecular weight excluding hydrogens is 299 g/mol. The summed E-state index contributed by atoms with van der Waals surface area (Å²) in [6.45, 7) is 7.29.